The van der Waals surface area contributed by atoms with E-state index in [1.165, 1.54) is 7.11 Å². The highest BCUT2D eigenvalue weighted by atomic mass is 19.4. The molecule has 0 unspecified atom stereocenters. The van der Waals surface area contributed by atoms with Gasteiger partial charge < -0.3 is 10.1 Å². The summed E-state index contributed by atoms with van der Waals surface area (Å²) >= 11 is 0. The van der Waals surface area contributed by atoms with E-state index < -0.39 is 12.1 Å². The van der Waals surface area contributed by atoms with E-state index in [9.17, 15) is 18.0 Å². The molecule has 3 nitrogen and oxygen atoms in total. The Hall–Kier alpha value is -2.24. The van der Waals surface area contributed by atoms with Gasteiger partial charge in [-0.05, 0) is 67.1 Å². The zero-order chi connectivity index (χ0) is 20.9. The second kappa shape index (κ2) is 9.30. The number of nitrogens with one attached hydrogen (secondary N) is 1. The predicted octanol–water partition coefficient (Wildman–Crippen LogP) is 6.49. The van der Waals surface area contributed by atoms with Crippen molar-refractivity contribution in [2.24, 2.45) is 5.92 Å². The number of halogens is 3. The van der Waals surface area contributed by atoms with Crippen LogP contribution in [-0.2, 0) is 4.74 Å². The Bertz CT molecular complexity index is 809. The number of alkyl halides is 3. The average molecular weight is 395 g/mol. The van der Waals surface area contributed by atoms with Crippen LogP contribution in [0, 0.1) is 12.8 Å². The normalized spacial score (nSPS) is 19.5. The number of benzene rings is 2. The number of ether oxygens (including phenoxy) is 1. The molecule has 3 rings (SSSR count). The molecule has 0 spiro atoms. The molecule has 0 aromatic heterocycles. The molecule has 0 atom stereocenters. The standard InChI is InChI=1S/C20H22F3NO2.C2H6/c1-12-17-9-3-14(19(25)26-2)11-13(17)4-10-18(12)24-16-7-5-15(6-8-16)20(21,22)23;1-2/h3-4,9-11,15-16,24H,5-8H2,1-2H3;1-2H3. The van der Waals surface area contributed by atoms with Crippen molar-refractivity contribution >= 4 is 22.4 Å². The van der Waals surface area contributed by atoms with Crippen LogP contribution in [0.3, 0.4) is 0 Å². The number of anilines is 1. The van der Waals surface area contributed by atoms with Crippen molar-refractivity contribution in [1.82, 2.24) is 0 Å². The van der Waals surface area contributed by atoms with Gasteiger partial charge >= 0.3 is 12.1 Å². The van der Waals surface area contributed by atoms with Crippen LogP contribution >= 0.6 is 0 Å². The number of hydrogen-bond acceptors (Lipinski definition) is 3. The minimum atomic E-state index is -4.08. The van der Waals surface area contributed by atoms with Crippen LogP contribution in [0.25, 0.3) is 10.8 Å². The van der Waals surface area contributed by atoms with Crippen LogP contribution in [0.1, 0.15) is 55.5 Å². The number of esters is 1. The molecule has 6 heteroatoms. The molecule has 0 bridgehead atoms. The first-order valence-corrected chi connectivity index (χ1v) is 9.74. The molecule has 1 aliphatic rings. The topological polar surface area (TPSA) is 38.3 Å². The number of aryl methyl sites for hydroxylation is 1. The zero-order valence-electron chi connectivity index (χ0n) is 16.8. The average Bonchev–Trinajstić information content (AvgIpc) is 2.70. The summed E-state index contributed by atoms with van der Waals surface area (Å²) in [4.78, 5) is 11.7. The van der Waals surface area contributed by atoms with E-state index in [1.54, 1.807) is 12.1 Å². The summed E-state index contributed by atoms with van der Waals surface area (Å²) in [6, 6.07) is 9.28. The molecule has 1 fully saturated rings. The molecule has 0 aliphatic heterocycles. The summed E-state index contributed by atoms with van der Waals surface area (Å²) in [6.07, 6.45) is -2.69. The number of carbonyl (C=O) groups is 1. The lowest BCUT2D eigenvalue weighted by atomic mass is 9.85. The number of carbonyl (C=O) groups excluding carboxylic acids is 1. The van der Waals surface area contributed by atoms with Crippen LogP contribution < -0.4 is 5.32 Å². The van der Waals surface area contributed by atoms with Crippen molar-refractivity contribution in [2.45, 2.75) is 58.7 Å². The summed E-state index contributed by atoms with van der Waals surface area (Å²) < 4.78 is 43.1. The Morgan fingerprint density at radius 3 is 2.29 bits per heavy atom. The van der Waals surface area contributed by atoms with E-state index >= 15 is 0 Å². The third-order valence-corrected chi connectivity index (χ3v) is 5.26. The second-order valence-corrected chi connectivity index (χ2v) is 6.90. The second-order valence-electron chi connectivity index (χ2n) is 6.90. The quantitative estimate of drug-likeness (QED) is 0.603. The Kier molecular flexibility index (Phi) is 7.33. The van der Waals surface area contributed by atoms with Crippen molar-refractivity contribution in [2.75, 3.05) is 12.4 Å². The molecule has 0 radical (unpaired) electrons. The first-order valence-electron chi connectivity index (χ1n) is 9.74. The zero-order valence-corrected chi connectivity index (χ0v) is 16.8. The molecule has 0 heterocycles. The van der Waals surface area contributed by atoms with Gasteiger partial charge in [-0.15, -0.1) is 0 Å². The lowest BCUT2D eigenvalue weighted by Crippen LogP contribution is -2.32. The Balaban J connectivity index is 0.00000136. The van der Waals surface area contributed by atoms with Crippen molar-refractivity contribution in [3.8, 4) is 0 Å². The number of fused-ring (bicyclic) bond motifs is 1. The van der Waals surface area contributed by atoms with E-state index in [0.29, 0.717) is 18.4 Å². The van der Waals surface area contributed by atoms with Gasteiger partial charge in [-0.2, -0.15) is 13.2 Å². The van der Waals surface area contributed by atoms with E-state index in [-0.39, 0.29) is 24.9 Å². The third kappa shape index (κ3) is 4.97. The van der Waals surface area contributed by atoms with E-state index in [2.05, 4.69) is 5.32 Å². The monoisotopic (exact) mass is 395 g/mol. The van der Waals surface area contributed by atoms with Crippen LogP contribution in [0.2, 0.25) is 0 Å². The van der Waals surface area contributed by atoms with Crippen molar-refractivity contribution in [3.05, 3.63) is 41.5 Å². The molecular weight excluding hydrogens is 367 g/mol. The number of methoxy groups -OCH3 is 1. The van der Waals surface area contributed by atoms with Gasteiger partial charge in [0.15, 0.2) is 0 Å². The van der Waals surface area contributed by atoms with Crippen molar-refractivity contribution < 1.29 is 22.7 Å². The summed E-state index contributed by atoms with van der Waals surface area (Å²) in [6.45, 7) is 5.98. The maximum Gasteiger partial charge on any atom is 0.391 e. The third-order valence-electron chi connectivity index (χ3n) is 5.26. The van der Waals surface area contributed by atoms with Gasteiger partial charge in [0.2, 0.25) is 0 Å². The molecule has 1 aliphatic carbocycles. The summed E-state index contributed by atoms with van der Waals surface area (Å²) in [5.74, 6) is -1.55. The first-order chi connectivity index (χ1) is 13.3. The van der Waals surface area contributed by atoms with Crippen molar-refractivity contribution in [1.29, 1.82) is 0 Å². The van der Waals surface area contributed by atoms with E-state index in [0.717, 1.165) is 22.0 Å². The Morgan fingerprint density at radius 2 is 1.71 bits per heavy atom. The first kappa shape index (κ1) is 22.1. The fraction of sp³-hybridized carbons (Fsp3) is 0.500. The highest BCUT2D eigenvalue weighted by molar-refractivity contribution is 5.97. The van der Waals surface area contributed by atoms with Gasteiger partial charge in [0.05, 0.1) is 18.6 Å². The van der Waals surface area contributed by atoms with Gasteiger partial charge in [0.1, 0.15) is 0 Å². The van der Waals surface area contributed by atoms with Crippen LogP contribution in [0.15, 0.2) is 30.3 Å². The Morgan fingerprint density at radius 1 is 1.07 bits per heavy atom. The summed E-state index contributed by atoms with van der Waals surface area (Å²) in [7, 11) is 1.35. The Labute approximate surface area is 164 Å². The van der Waals surface area contributed by atoms with Crippen molar-refractivity contribution in [3.63, 3.8) is 0 Å². The number of rotatable bonds is 3. The van der Waals surface area contributed by atoms with E-state index in [4.69, 9.17) is 4.74 Å². The van der Waals surface area contributed by atoms with Gasteiger partial charge in [-0.1, -0.05) is 26.0 Å². The minimum absolute atomic E-state index is 0.0547. The molecule has 0 saturated heterocycles. The smallest absolute Gasteiger partial charge is 0.391 e. The SMILES string of the molecule is CC.COC(=O)c1ccc2c(C)c(NC3CCC(C(F)(F)F)CC3)ccc2c1. The highest BCUT2D eigenvalue weighted by Crippen LogP contribution is 2.38. The fourth-order valence-corrected chi connectivity index (χ4v) is 3.67. The van der Waals surface area contributed by atoms with Crippen LogP contribution in [0.5, 0.6) is 0 Å². The molecule has 2 aromatic carbocycles. The lowest BCUT2D eigenvalue weighted by Gasteiger charge is -2.31. The van der Waals surface area contributed by atoms with Crippen LogP contribution in [-0.4, -0.2) is 25.3 Å². The highest BCUT2D eigenvalue weighted by Gasteiger charge is 2.41. The van der Waals surface area contributed by atoms with Gasteiger partial charge in [0, 0.05) is 11.7 Å². The largest absolute Gasteiger partial charge is 0.465 e. The molecular formula is C22H28F3NO2. The lowest BCUT2D eigenvalue weighted by molar-refractivity contribution is -0.182. The van der Waals surface area contributed by atoms with Crippen LogP contribution in [0.4, 0.5) is 18.9 Å². The van der Waals surface area contributed by atoms with Gasteiger partial charge in [0.25, 0.3) is 0 Å². The molecule has 154 valence electrons. The molecule has 0 amide bonds. The van der Waals surface area contributed by atoms with Gasteiger partial charge in [-0.25, -0.2) is 4.79 Å². The molecule has 1 saturated carbocycles. The predicted molar refractivity (Wildman–Crippen MR) is 107 cm³/mol. The fourth-order valence-electron chi connectivity index (χ4n) is 3.67. The maximum atomic E-state index is 12.8. The molecule has 1 N–H and O–H groups in total. The summed E-state index contributed by atoms with van der Waals surface area (Å²) in [5, 5.41) is 5.34. The van der Waals surface area contributed by atoms with E-state index in [1.807, 2.05) is 39.0 Å². The minimum Gasteiger partial charge on any atom is -0.465 e. The molecule has 28 heavy (non-hydrogen) atoms. The summed E-state index contributed by atoms with van der Waals surface area (Å²) in [5.41, 5.74) is 2.45. The van der Waals surface area contributed by atoms with Gasteiger partial charge in [-0.3, -0.25) is 0 Å². The maximum absolute atomic E-state index is 12.8. The number of hydrogen-bond donors (Lipinski definition) is 1. The molecule has 2 aromatic rings.